The molecule has 0 radical (unpaired) electrons. The van der Waals surface area contributed by atoms with Gasteiger partial charge in [0, 0.05) is 19.4 Å². The highest BCUT2D eigenvalue weighted by atomic mass is 16.4. The fourth-order valence-electron chi connectivity index (χ4n) is 2.99. The van der Waals surface area contributed by atoms with Crippen molar-refractivity contribution in [2.45, 2.75) is 51.0 Å². The van der Waals surface area contributed by atoms with Crippen molar-refractivity contribution in [3.8, 4) is 0 Å². The van der Waals surface area contributed by atoms with Gasteiger partial charge in [-0.25, -0.2) is 0 Å². The summed E-state index contributed by atoms with van der Waals surface area (Å²) in [4.78, 5) is 34.5. The predicted octanol–water partition coefficient (Wildman–Crippen LogP) is 0.416. The minimum absolute atomic E-state index is 0.0209. The number of rotatable bonds is 4. The highest BCUT2D eigenvalue weighted by molar-refractivity contribution is 5.86. The van der Waals surface area contributed by atoms with Crippen molar-refractivity contribution in [1.82, 2.24) is 10.6 Å². The lowest BCUT2D eigenvalue weighted by molar-refractivity contribution is -0.154. The molecule has 0 spiro atoms. The zero-order chi connectivity index (χ0) is 13.9. The summed E-state index contributed by atoms with van der Waals surface area (Å²) in [6.07, 6.45) is 4.21. The van der Waals surface area contributed by atoms with Crippen molar-refractivity contribution in [2.75, 3.05) is 6.54 Å². The molecule has 19 heavy (non-hydrogen) atoms. The molecular formula is C13H20N2O4. The maximum absolute atomic E-state index is 12.0. The van der Waals surface area contributed by atoms with Gasteiger partial charge in [-0.15, -0.1) is 0 Å². The summed E-state index contributed by atoms with van der Waals surface area (Å²) in [7, 11) is 0. The van der Waals surface area contributed by atoms with E-state index in [-0.39, 0.29) is 30.7 Å². The second-order valence-electron chi connectivity index (χ2n) is 5.60. The molecule has 0 bridgehead atoms. The Morgan fingerprint density at radius 3 is 2.53 bits per heavy atom. The average Bonchev–Trinajstić information content (AvgIpc) is 2.75. The molecule has 3 N–H and O–H groups in total. The van der Waals surface area contributed by atoms with E-state index in [0.29, 0.717) is 19.4 Å². The van der Waals surface area contributed by atoms with E-state index >= 15 is 0 Å². The molecule has 0 aromatic rings. The molecule has 2 rings (SSSR count). The Bertz CT molecular complexity index is 388. The molecular weight excluding hydrogens is 248 g/mol. The normalized spacial score (nSPS) is 25.7. The van der Waals surface area contributed by atoms with Gasteiger partial charge in [0.25, 0.3) is 0 Å². The number of aliphatic carboxylic acids is 1. The molecule has 1 unspecified atom stereocenters. The summed E-state index contributed by atoms with van der Waals surface area (Å²) >= 11 is 0. The Morgan fingerprint density at radius 2 is 2.00 bits per heavy atom. The van der Waals surface area contributed by atoms with E-state index in [2.05, 4.69) is 10.6 Å². The van der Waals surface area contributed by atoms with E-state index in [0.717, 1.165) is 19.3 Å². The molecule has 2 amide bonds. The second kappa shape index (κ2) is 5.59. The molecule has 0 aromatic carbocycles. The fraction of sp³-hybridized carbons (Fsp3) is 0.769. The first-order chi connectivity index (χ1) is 9.02. The third kappa shape index (κ3) is 3.24. The molecule has 2 fully saturated rings. The third-order valence-corrected chi connectivity index (χ3v) is 4.11. The SMILES string of the molecule is O=C1CC(NC(=O)CC2(C(=O)O)CCCCC2)CN1. The van der Waals surface area contributed by atoms with Crippen molar-refractivity contribution >= 4 is 17.8 Å². The van der Waals surface area contributed by atoms with Gasteiger partial charge >= 0.3 is 5.97 Å². The van der Waals surface area contributed by atoms with Crippen LogP contribution in [-0.2, 0) is 14.4 Å². The molecule has 1 aliphatic heterocycles. The quantitative estimate of drug-likeness (QED) is 0.688. The summed E-state index contributed by atoms with van der Waals surface area (Å²) in [5, 5.41) is 14.8. The standard InChI is InChI=1S/C13H20N2O4/c16-10-6-9(8-14-10)15-11(17)7-13(12(18)19)4-2-1-3-5-13/h9H,1-8H2,(H,14,16)(H,15,17)(H,18,19). The molecule has 1 aliphatic carbocycles. The van der Waals surface area contributed by atoms with E-state index in [1.807, 2.05) is 0 Å². The fourth-order valence-corrected chi connectivity index (χ4v) is 2.99. The van der Waals surface area contributed by atoms with Crippen LogP contribution in [-0.4, -0.2) is 35.5 Å². The van der Waals surface area contributed by atoms with Gasteiger partial charge in [-0.1, -0.05) is 19.3 Å². The molecule has 6 nitrogen and oxygen atoms in total. The molecule has 1 saturated heterocycles. The van der Waals surface area contributed by atoms with E-state index in [9.17, 15) is 19.5 Å². The Hall–Kier alpha value is -1.59. The number of carboxylic acids is 1. The lowest BCUT2D eigenvalue weighted by Gasteiger charge is -2.32. The lowest BCUT2D eigenvalue weighted by Crippen LogP contribution is -2.42. The summed E-state index contributed by atoms with van der Waals surface area (Å²) in [5.41, 5.74) is -0.904. The number of hydrogen-bond donors (Lipinski definition) is 3. The van der Waals surface area contributed by atoms with Crippen LogP contribution in [0.4, 0.5) is 0 Å². The van der Waals surface area contributed by atoms with Gasteiger partial charge < -0.3 is 15.7 Å². The van der Waals surface area contributed by atoms with Gasteiger partial charge in [0.15, 0.2) is 0 Å². The van der Waals surface area contributed by atoms with Crippen molar-refractivity contribution < 1.29 is 19.5 Å². The van der Waals surface area contributed by atoms with Crippen LogP contribution in [0.5, 0.6) is 0 Å². The van der Waals surface area contributed by atoms with Gasteiger partial charge in [-0.05, 0) is 12.8 Å². The summed E-state index contributed by atoms with van der Waals surface area (Å²) in [5.74, 6) is -1.20. The largest absolute Gasteiger partial charge is 0.481 e. The molecule has 106 valence electrons. The first kappa shape index (κ1) is 13.8. The molecule has 2 aliphatic rings. The smallest absolute Gasteiger partial charge is 0.310 e. The van der Waals surface area contributed by atoms with E-state index in [1.54, 1.807) is 0 Å². The molecule has 1 saturated carbocycles. The lowest BCUT2D eigenvalue weighted by atomic mass is 9.71. The van der Waals surface area contributed by atoms with Crippen LogP contribution in [0, 0.1) is 5.41 Å². The van der Waals surface area contributed by atoms with Gasteiger partial charge in [0.2, 0.25) is 11.8 Å². The number of carbonyl (C=O) groups excluding carboxylic acids is 2. The van der Waals surface area contributed by atoms with Gasteiger partial charge in [-0.2, -0.15) is 0 Å². The van der Waals surface area contributed by atoms with Gasteiger partial charge in [-0.3, -0.25) is 14.4 Å². The Labute approximate surface area is 111 Å². The number of carboxylic acid groups (broad SMARTS) is 1. The predicted molar refractivity (Wildman–Crippen MR) is 67.3 cm³/mol. The number of amides is 2. The topological polar surface area (TPSA) is 95.5 Å². The van der Waals surface area contributed by atoms with Crippen molar-refractivity contribution in [1.29, 1.82) is 0 Å². The van der Waals surface area contributed by atoms with E-state index in [1.165, 1.54) is 0 Å². The van der Waals surface area contributed by atoms with Gasteiger partial charge in [0.05, 0.1) is 11.5 Å². The van der Waals surface area contributed by atoms with Crippen molar-refractivity contribution in [3.63, 3.8) is 0 Å². The maximum Gasteiger partial charge on any atom is 0.310 e. The van der Waals surface area contributed by atoms with E-state index in [4.69, 9.17) is 0 Å². The summed E-state index contributed by atoms with van der Waals surface area (Å²) in [6, 6.07) is -0.200. The van der Waals surface area contributed by atoms with Crippen LogP contribution in [0.15, 0.2) is 0 Å². The number of nitrogens with one attached hydrogen (secondary N) is 2. The van der Waals surface area contributed by atoms with Crippen LogP contribution in [0.2, 0.25) is 0 Å². The van der Waals surface area contributed by atoms with Crippen LogP contribution in [0.1, 0.15) is 44.9 Å². The number of carbonyl (C=O) groups is 3. The highest BCUT2D eigenvalue weighted by Gasteiger charge is 2.41. The maximum atomic E-state index is 12.0. The Morgan fingerprint density at radius 1 is 1.32 bits per heavy atom. The monoisotopic (exact) mass is 268 g/mol. The molecule has 1 heterocycles. The van der Waals surface area contributed by atoms with Crippen molar-refractivity contribution in [2.24, 2.45) is 5.41 Å². The Kier molecular flexibility index (Phi) is 4.07. The summed E-state index contributed by atoms with van der Waals surface area (Å²) < 4.78 is 0. The van der Waals surface area contributed by atoms with Crippen LogP contribution >= 0.6 is 0 Å². The van der Waals surface area contributed by atoms with Crippen molar-refractivity contribution in [3.05, 3.63) is 0 Å². The Balaban J connectivity index is 1.91. The van der Waals surface area contributed by atoms with E-state index < -0.39 is 11.4 Å². The third-order valence-electron chi connectivity index (χ3n) is 4.11. The first-order valence-electron chi connectivity index (χ1n) is 6.81. The highest BCUT2D eigenvalue weighted by Crippen LogP contribution is 2.39. The summed E-state index contributed by atoms with van der Waals surface area (Å²) in [6.45, 7) is 0.435. The second-order valence-corrected chi connectivity index (χ2v) is 5.60. The first-order valence-corrected chi connectivity index (χ1v) is 6.81. The zero-order valence-corrected chi connectivity index (χ0v) is 10.9. The zero-order valence-electron chi connectivity index (χ0n) is 10.9. The minimum atomic E-state index is -0.904. The number of hydrogen-bond acceptors (Lipinski definition) is 3. The van der Waals surface area contributed by atoms with Gasteiger partial charge in [0.1, 0.15) is 0 Å². The molecule has 6 heteroatoms. The van der Waals surface area contributed by atoms with Crippen LogP contribution in [0.25, 0.3) is 0 Å². The molecule has 1 atom stereocenters. The van der Waals surface area contributed by atoms with Crippen LogP contribution < -0.4 is 10.6 Å². The minimum Gasteiger partial charge on any atom is -0.481 e. The average molecular weight is 268 g/mol. The molecule has 0 aromatic heterocycles. The van der Waals surface area contributed by atoms with Crippen LogP contribution in [0.3, 0.4) is 0 Å².